The molecular weight excluding hydrogens is 391 g/mol. The van der Waals surface area contributed by atoms with Gasteiger partial charge >= 0.3 is 0 Å². The van der Waals surface area contributed by atoms with Gasteiger partial charge in [0.25, 0.3) is 0 Å². The first-order valence-electron chi connectivity index (χ1n) is 11.0. The van der Waals surface area contributed by atoms with Crippen LogP contribution in [-0.4, -0.2) is 38.4 Å². The van der Waals surface area contributed by atoms with Crippen LogP contribution in [-0.2, 0) is 17.8 Å². The minimum atomic E-state index is -0.180. The molecule has 0 spiro atoms. The molecule has 3 heterocycles. The summed E-state index contributed by atoms with van der Waals surface area (Å²) in [6, 6.07) is 11.0. The number of hydrogen-bond donors (Lipinski definition) is 0. The van der Waals surface area contributed by atoms with E-state index in [-0.39, 0.29) is 17.6 Å². The van der Waals surface area contributed by atoms with E-state index in [1.807, 2.05) is 53.9 Å². The van der Waals surface area contributed by atoms with Gasteiger partial charge in [0.1, 0.15) is 11.6 Å². The van der Waals surface area contributed by atoms with Crippen LogP contribution < -0.4 is 0 Å². The maximum Gasteiger partial charge on any atom is 0.227 e. The fraction of sp³-hybridized carbons (Fsp3) is 0.400. The van der Waals surface area contributed by atoms with Gasteiger partial charge in [-0.15, -0.1) is 0 Å². The number of carbonyl (C=O) groups excluding carboxylic acids is 1. The van der Waals surface area contributed by atoms with E-state index in [0.29, 0.717) is 24.4 Å². The molecule has 3 aromatic rings. The summed E-state index contributed by atoms with van der Waals surface area (Å²) in [5.74, 6) is 1.25. The van der Waals surface area contributed by atoms with Crippen LogP contribution in [0.25, 0.3) is 0 Å². The molecule has 0 radical (unpaired) electrons. The Bertz CT molecular complexity index is 1020. The van der Waals surface area contributed by atoms with Crippen molar-refractivity contribution in [3.05, 3.63) is 83.5 Å². The number of pyridine rings is 1. The fourth-order valence-electron chi connectivity index (χ4n) is 4.32. The Morgan fingerprint density at radius 2 is 1.94 bits per heavy atom. The van der Waals surface area contributed by atoms with E-state index in [1.54, 1.807) is 12.3 Å². The maximum absolute atomic E-state index is 13.9. The van der Waals surface area contributed by atoms with E-state index in [2.05, 4.69) is 16.0 Å². The second kappa shape index (κ2) is 9.41. The van der Waals surface area contributed by atoms with Gasteiger partial charge in [0.2, 0.25) is 5.91 Å². The Kier molecular flexibility index (Phi) is 6.44. The van der Waals surface area contributed by atoms with E-state index in [9.17, 15) is 9.18 Å². The Balaban J connectivity index is 1.30. The predicted molar refractivity (Wildman–Crippen MR) is 118 cm³/mol. The van der Waals surface area contributed by atoms with Gasteiger partial charge in [0.05, 0.1) is 5.92 Å². The highest BCUT2D eigenvalue weighted by Crippen LogP contribution is 2.28. The minimum absolute atomic E-state index is 0.0692. The highest BCUT2D eigenvalue weighted by atomic mass is 19.1. The number of hydrogen-bond acceptors (Lipinski definition) is 3. The number of amides is 1. The lowest BCUT2D eigenvalue weighted by Gasteiger charge is -2.33. The first kappa shape index (κ1) is 21.2. The molecule has 2 aromatic heterocycles. The third-order valence-corrected chi connectivity index (χ3v) is 6.24. The number of rotatable bonds is 6. The average Bonchev–Trinajstić information content (AvgIpc) is 3.20. The zero-order chi connectivity index (χ0) is 21.8. The molecule has 162 valence electrons. The smallest absolute Gasteiger partial charge is 0.227 e. The van der Waals surface area contributed by atoms with Gasteiger partial charge in [0, 0.05) is 56.3 Å². The quantitative estimate of drug-likeness (QED) is 0.595. The van der Waals surface area contributed by atoms with Crippen molar-refractivity contribution >= 4 is 5.91 Å². The standard InChI is InChI=1S/C25H29FN4O/c1-18(17-30-14-11-27-19(30)2)25(31)29-12-9-21(10-13-29)24-8-7-20(16-28-24)15-22-5-3-4-6-23(22)26/h3-8,11,14,16,18,21H,9-10,12-13,15,17H2,1-2H3/t18-/m1/s1. The molecule has 0 aliphatic carbocycles. The van der Waals surface area contributed by atoms with Gasteiger partial charge in [-0.1, -0.05) is 31.2 Å². The zero-order valence-electron chi connectivity index (χ0n) is 18.2. The summed E-state index contributed by atoms with van der Waals surface area (Å²) in [6.45, 7) is 6.13. The summed E-state index contributed by atoms with van der Waals surface area (Å²) in [6.07, 6.45) is 7.93. The molecule has 1 atom stereocenters. The number of aryl methyl sites for hydroxylation is 1. The molecule has 4 rings (SSSR count). The predicted octanol–water partition coefficient (Wildman–Crippen LogP) is 4.36. The van der Waals surface area contributed by atoms with Crippen molar-refractivity contribution in [1.82, 2.24) is 19.4 Å². The average molecular weight is 421 g/mol. The Labute approximate surface area is 182 Å². The third-order valence-electron chi connectivity index (χ3n) is 6.24. The SMILES string of the molecule is Cc1nccn1C[C@@H](C)C(=O)N1CCC(c2ccc(Cc3ccccc3F)cn2)CC1. The van der Waals surface area contributed by atoms with E-state index >= 15 is 0 Å². The topological polar surface area (TPSA) is 51.0 Å². The van der Waals surface area contributed by atoms with Gasteiger partial charge in [-0.2, -0.15) is 0 Å². The van der Waals surface area contributed by atoms with Crippen LogP contribution in [0.1, 0.15) is 48.3 Å². The highest BCUT2D eigenvalue weighted by molar-refractivity contribution is 5.78. The molecule has 1 aliphatic heterocycles. The number of aromatic nitrogens is 3. The molecule has 1 fully saturated rings. The highest BCUT2D eigenvalue weighted by Gasteiger charge is 2.27. The van der Waals surface area contributed by atoms with Crippen molar-refractivity contribution in [2.75, 3.05) is 13.1 Å². The normalized spacial score (nSPS) is 15.8. The number of carbonyl (C=O) groups is 1. The number of imidazole rings is 1. The number of likely N-dealkylation sites (tertiary alicyclic amines) is 1. The van der Waals surface area contributed by atoms with Gasteiger partial charge < -0.3 is 9.47 Å². The van der Waals surface area contributed by atoms with Crippen LogP contribution in [0.2, 0.25) is 0 Å². The summed E-state index contributed by atoms with van der Waals surface area (Å²) in [7, 11) is 0. The molecular formula is C25H29FN4O. The van der Waals surface area contributed by atoms with Gasteiger partial charge in [-0.3, -0.25) is 9.78 Å². The first-order valence-corrected chi connectivity index (χ1v) is 11.0. The summed E-state index contributed by atoms with van der Waals surface area (Å²) in [5, 5.41) is 0. The van der Waals surface area contributed by atoms with Crippen molar-refractivity contribution in [3.63, 3.8) is 0 Å². The molecule has 6 heteroatoms. The van der Waals surface area contributed by atoms with Crippen molar-refractivity contribution in [2.45, 2.75) is 45.6 Å². The number of nitrogens with zero attached hydrogens (tertiary/aromatic N) is 4. The molecule has 1 saturated heterocycles. The Hall–Kier alpha value is -3.02. The van der Waals surface area contributed by atoms with Gasteiger partial charge in [-0.05, 0) is 43.0 Å². The van der Waals surface area contributed by atoms with Crippen LogP contribution in [0.4, 0.5) is 4.39 Å². The summed E-state index contributed by atoms with van der Waals surface area (Å²) < 4.78 is 15.9. The zero-order valence-corrected chi connectivity index (χ0v) is 18.2. The molecule has 0 saturated carbocycles. The van der Waals surface area contributed by atoms with E-state index in [0.717, 1.165) is 43.0 Å². The lowest BCUT2D eigenvalue weighted by atomic mass is 9.92. The molecule has 0 bridgehead atoms. The summed E-state index contributed by atoms with van der Waals surface area (Å²) in [5.41, 5.74) is 2.75. The largest absolute Gasteiger partial charge is 0.342 e. The minimum Gasteiger partial charge on any atom is -0.342 e. The van der Waals surface area contributed by atoms with E-state index in [4.69, 9.17) is 0 Å². The molecule has 0 unspecified atom stereocenters. The molecule has 1 aliphatic rings. The molecule has 1 aromatic carbocycles. The van der Waals surface area contributed by atoms with Crippen LogP contribution in [0.5, 0.6) is 0 Å². The third kappa shape index (κ3) is 5.01. The lowest BCUT2D eigenvalue weighted by molar-refractivity contribution is -0.136. The lowest BCUT2D eigenvalue weighted by Crippen LogP contribution is -2.41. The van der Waals surface area contributed by atoms with Crippen LogP contribution in [0.15, 0.2) is 55.0 Å². The van der Waals surface area contributed by atoms with Crippen molar-refractivity contribution in [3.8, 4) is 0 Å². The number of piperidine rings is 1. The van der Waals surface area contributed by atoms with Crippen molar-refractivity contribution in [1.29, 1.82) is 0 Å². The fourth-order valence-corrected chi connectivity index (χ4v) is 4.32. The second-order valence-corrected chi connectivity index (χ2v) is 8.49. The maximum atomic E-state index is 13.9. The number of halogens is 1. The second-order valence-electron chi connectivity index (χ2n) is 8.49. The first-order chi connectivity index (χ1) is 15.0. The molecule has 31 heavy (non-hydrogen) atoms. The van der Waals surface area contributed by atoms with Gasteiger partial charge in [-0.25, -0.2) is 9.37 Å². The summed E-state index contributed by atoms with van der Waals surface area (Å²) >= 11 is 0. The van der Waals surface area contributed by atoms with Crippen LogP contribution >= 0.6 is 0 Å². The van der Waals surface area contributed by atoms with Crippen LogP contribution in [0.3, 0.4) is 0 Å². The van der Waals surface area contributed by atoms with Crippen LogP contribution in [0, 0.1) is 18.7 Å². The monoisotopic (exact) mass is 420 g/mol. The number of benzene rings is 1. The van der Waals surface area contributed by atoms with E-state index in [1.165, 1.54) is 6.07 Å². The Morgan fingerprint density at radius 1 is 1.16 bits per heavy atom. The van der Waals surface area contributed by atoms with Crippen molar-refractivity contribution in [2.24, 2.45) is 5.92 Å². The molecule has 5 nitrogen and oxygen atoms in total. The van der Waals surface area contributed by atoms with Crippen molar-refractivity contribution < 1.29 is 9.18 Å². The molecule has 1 amide bonds. The Morgan fingerprint density at radius 3 is 2.58 bits per heavy atom. The molecule has 0 N–H and O–H groups in total. The van der Waals surface area contributed by atoms with Gasteiger partial charge in [0.15, 0.2) is 0 Å². The van der Waals surface area contributed by atoms with E-state index < -0.39 is 0 Å². The summed E-state index contributed by atoms with van der Waals surface area (Å²) in [4.78, 5) is 23.7.